The first-order chi connectivity index (χ1) is 3.81. The maximum atomic E-state index is 6.71. The van der Waals surface area contributed by atoms with E-state index in [0.29, 0.717) is 5.25 Å². The summed E-state index contributed by atoms with van der Waals surface area (Å²) in [5.74, 6) is 0. The van der Waals surface area contributed by atoms with Crippen LogP contribution in [0.25, 0.3) is 0 Å². The van der Waals surface area contributed by atoms with Crippen molar-refractivity contribution in [1.82, 2.24) is 0 Å². The molecule has 1 atom stereocenters. The molecule has 0 aromatic rings. The van der Waals surface area contributed by atoms with Crippen molar-refractivity contribution in [3.05, 3.63) is 0 Å². The van der Waals surface area contributed by atoms with Crippen molar-refractivity contribution < 1.29 is 0 Å². The van der Waals surface area contributed by atoms with Gasteiger partial charge in [0, 0.05) is 5.25 Å². The molecular formula is C6H13NS. The van der Waals surface area contributed by atoms with Crippen LogP contribution in [0.3, 0.4) is 0 Å². The molecule has 0 aliphatic carbocycles. The van der Waals surface area contributed by atoms with Crippen LogP contribution in [0.2, 0.25) is 0 Å². The Morgan fingerprint density at radius 1 is 1.75 bits per heavy atom. The molecule has 0 rings (SSSR count). The normalized spacial score (nSPS) is 13.2. The van der Waals surface area contributed by atoms with Gasteiger partial charge in [-0.3, -0.25) is 0 Å². The number of thiol groups is 1. The summed E-state index contributed by atoms with van der Waals surface area (Å²) in [4.78, 5) is 0. The van der Waals surface area contributed by atoms with E-state index in [0.717, 1.165) is 19.3 Å². The zero-order valence-corrected chi connectivity index (χ0v) is 6.12. The second-order valence-electron chi connectivity index (χ2n) is 1.84. The molecule has 0 spiro atoms. The molecule has 1 nitrogen and oxygen atoms in total. The van der Waals surface area contributed by atoms with Crippen LogP contribution in [0, 0.1) is 5.41 Å². The molecule has 0 aromatic carbocycles. The molecule has 0 heterocycles. The molecular weight excluding hydrogens is 118 g/mol. The molecule has 0 fully saturated rings. The zero-order valence-electron chi connectivity index (χ0n) is 5.22. The molecule has 0 saturated heterocycles. The van der Waals surface area contributed by atoms with Crippen molar-refractivity contribution in [3.8, 4) is 0 Å². The first-order valence-corrected chi connectivity index (χ1v) is 3.50. The minimum atomic E-state index is 0.497. The van der Waals surface area contributed by atoms with Gasteiger partial charge in [-0.25, -0.2) is 0 Å². The Morgan fingerprint density at radius 3 is 2.75 bits per heavy atom. The molecule has 1 N–H and O–H groups in total. The van der Waals surface area contributed by atoms with E-state index in [9.17, 15) is 0 Å². The maximum Gasteiger partial charge on any atom is 0.00176 e. The summed E-state index contributed by atoms with van der Waals surface area (Å²) in [5.41, 5.74) is 0. The number of hydrogen-bond donors (Lipinski definition) is 2. The largest absolute Gasteiger partial charge is 0.313 e. The van der Waals surface area contributed by atoms with Crippen LogP contribution in [0.1, 0.15) is 26.2 Å². The molecule has 0 saturated carbocycles. The highest BCUT2D eigenvalue weighted by Gasteiger charge is 1.95. The van der Waals surface area contributed by atoms with E-state index in [1.54, 1.807) is 0 Å². The van der Waals surface area contributed by atoms with Crippen molar-refractivity contribution in [2.24, 2.45) is 0 Å². The zero-order chi connectivity index (χ0) is 6.41. The maximum absolute atomic E-state index is 6.71. The van der Waals surface area contributed by atoms with E-state index in [2.05, 4.69) is 19.6 Å². The first-order valence-electron chi connectivity index (χ1n) is 2.98. The fourth-order valence-electron chi connectivity index (χ4n) is 0.480. The second kappa shape index (κ2) is 5.16. The molecule has 0 radical (unpaired) electrons. The summed E-state index contributed by atoms with van der Waals surface area (Å²) in [6, 6.07) is 0. The minimum absolute atomic E-state index is 0.497. The molecule has 0 aliphatic rings. The monoisotopic (exact) mass is 131 g/mol. The Labute approximate surface area is 56.4 Å². The minimum Gasteiger partial charge on any atom is -0.313 e. The smallest absolute Gasteiger partial charge is 0.00176 e. The van der Waals surface area contributed by atoms with Crippen LogP contribution in [0.15, 0.2) is 0 Å². The van der Waals surface area contributed by atoms with E-state index in [-0.39, 0.29) is 0 Å². The summed E-state index contributed by atoms with van der Waals surface area (Å²) in [6.07, 6.45) is 4.47. The van der Waals surface area contributed by atoms with Crippen LogP contribution >= 0.6 is 12.6 Å². The Hall–Kier alpha value is 0.0200. The van der Waals surface area contributed by atoms with Gasteiger partial charge in [0.15, 0.2) is 0 Å². The highest BCUT2D eigenvalue weighted by molar-refractivity contribution is 7.80. The fourth-order valence-corrected chi connectivity index (χ4v) is 0.629. The van der Waals surface area contributed by atoms with Crippen molar-refractivity contribution >= 4 is 18.8 Å². The van der Waals surface area contributed by atoms with Gasteiger partial charge in [0.1, 0.15) is 0 Å². The van der Waals surface area contributed by atoms with E-state index in [4.69, 9.17) is 5.41 Å². The molecule has 0 aromatic heterocycles. The summed E-state index contributed by atoms with van der Waals surface area (Å²) in [6.45, 7) is 2.11. The summed E-state index contributed by atoms with van der Waals surface area (Å²) in [5, 5.41) is 7.21. The van der Waals surface area contributed by atoms with Crippen molar-refractivity contribution in [1.29, 1.82) is 5.41 Å². The summed E-state index contributed by atoms with van der Waals surface area (Å²) < 4.78 is 0. The molecule has 2 heteroatoms. The van der Waals surface area contributed by atoms with Crippen molar-refractivity contribution in [3.63, 3.8) is 0 Å². The third kappa shape index (κ3) is 4.19. The lowest BCUT2D eigenvalue weighted by Gasteiger charge is -2.01. The van der Waals surface area contributed by atoms with E-state index in [1.807, 2.05) is 0 Å². The van der Waals surface area contributed by atoms with Crippen LogP contribution < -0.4 is 0 Å². The fraction of sp³-hybridized carbons (Fsp3) is 0.833. The van der Waals surface area contributed by atoms with Crippen LogP contribution in [-0.4, -0.2) is 11.5 Å². The molecule has 0 amide bonds. The quantitative estimate of drug-likeness (QED) is 0.431. The van der Waals surface area contributed by atoms with Gasteiger partial charge < -0.3 is 5.41 Å². The molecule has 1 unspecified atom stereocenters. The van der Waals surface area contributed by atoms with Gasteiger partial charge in [0.25, 0.3) is 0 Å². The highest BCUT2D eigenvalue weighted by atomic mass is 32.1. The van der Waals surface area contributed by atoms with Crippen LogP contribution in [-0.2, 0) is 0 Å². The predicted molar refractivity (Wildman–Crippen MR) is 41.1 cm³/mol. The third-order valence-corrected chi connectivity index (χ3v) is 1.74. The topological polar surface area (TPSA) is 23.9 Å². The van der Waals surface area contributed by atoms with Gasteiger partial charge in [-0.05, 0) is 25.5 Å². The van der Waals surface area contributed by atoms with Gasteiger partial charge in [-0.2, -0.15) is 12.6 Å². The van der Waals surface area contributed by atoms with Gasteiger partial charge in [-0.1, -0.05) is 6.92 Å². The van der Waals surface area contributed by atoms with Gasteiger partial charge in [-0.15, -0.1) is 0 Å². The predicted octanol–water partition coefficient (Wildman–Crippen LogP) is 2.12. The number of rotatable bonds is 4. The third-order valence-electron chi connectivity index (χ3n) is 1.12. The van der Waals surface area contributed by atoms with Crippen LogP contribution in [0.4, 0.5) is 0 Å². The standard InChI is InChI=1S/C6H13NS/c1-2-6(8)4-3-5-7/h5-8H,2-4H2,1H3. The van der Waals surface area contributed by atoms with E-state index >= 15 is 0 Å². The Morgan fingerprint density at radius 2 is 2.38 bits per heavy atom. The average molecular weight is 131 g/mol. The summed E-state index contributed by atoms with van der Waals surface area (Å²) >= 11 is 4.26. The SMILES string of the molecule is CCC(S)CCC=N. The molecule has 0 bridgehead atoms. The summed E-state index contributed by atoms with van der Waals surface area (Å²) in [7, 11) is 0. The lowest BCUT2D eigenvalue weighted by Crippen LogP contribution is -1.94. The Balaban J connectivity index is 2.97. The number of hydrogen-bond acceptors (Lipinski definition) is 2. The van der Waals surface area contributed by atoms with Gasteiger partial charge in [0.05, 0.1) is 0 Å². The molecule has 8 heavy (non-hydrogen) atoms. The van der Waals surface area contributed by atoms with Crippen LogP contribution in [0.5, 0.6) is 0 Å². The first kappa shape index (κ1) is 8.02. The molecule has 0 aliphatic heterocycles. The van der Waals surface area contributed by atoms with Gasteiger partial charge in [0.2, 0.25) is 0 Å². The van der Waals surface area contributed by atoms with Crippen molar-refractivity contribution in [2.45, 2.75) is 31.4 Å². The Kier molecular flexibility index (Phi) is 5.18. The van der Waals surface area contributed by atoms with E-state index < -0.39 is 0 Å². The lowest BCUT2D eigenvalue weighted by atomic mass is 10.2. The number of nitrogens with one attached hydrogen (secondary N) is 1. The molecule has 48 valence electrons. The highest BCUT2D eigenvalue weighted by Crippen LogP contribution is 2.06. The van der Waals surface area contributed by atoms with Crippen molar-refractivity contribution in [2.75, 3.05) is 0 Å². The van der Waals surface area contributed by atoms with E-state index in [1.165, 1.54) is 6.21 Å². The second-order valence-corrected chi connectivity index (χ2v) is 2.57. The van der Waals surface area contributed by atoms with Gasteiger partial charge >= 0.3 is 0 Å². The lowest BCUT2D eigenvalue weighted by molar-refractivity contribution is 0.770. The average Bonchev–Trinajstić information content (AvgIpc) is 1.83. The Bertz CT molecular complexity index is 63.5.